The maximum atomic E-state index is 12.9. The van der Waals surface area contributed by atoms with Gasteiger partial charge in [0.2, 0.25) is 11.8 Å². The molecule has 0 heterocycles. The molecule has 106 valence electrons. The van der Waals surface area contributed by atoms with Gasteiger partial charge in [0.1, 0.15) is 0 Å². The molecule has 0 saturated heterocycles. The van der Waals surface area contributed by atoms with Crippen LogP contribution in [0.1, 0.15) is 25.7 Å². The van der Waals surface area contributed by atoms with Crippen molar-refractivity contribution in [3.05, 3.63) is 0 Å². The number of hydrogen-bond donors (Lipinski definition) is 2. The fourth-order valence-electron chi connectivity index (χ4n) is 2.02. The van der Waals surface area contributed by atoms with E-state index in [4.69, 9.17) is 4.74 Å². The summed E-state index contributed by atoms with van der Waals surface area (Å²) >= 11 is 0. The van der Waals surface area contributed by atoms with Crippen LogP contribution in [-0.2, 0) is 9.53 Å². The summed E-state index contributed by atoms with van der Waals surface area (Å²) in [5.41, 5.74) is 0. The van der Waals surface area contributed by atoms with Crippen LogP contribution in [0.2, 0.25) is 0 Å². The zero-order chi connectivity index (χ0) is 13.4. The number of amides is 1. The van der Waals surface area contributed by atoms with Crippen molar-refractivity contribution in [3.8, 4) is 0 Å². The third kappa shape index (κ3) is 5.73. The van der Waals surface area contributed by atoms with Crippen LogP contribution in [0.4, 0.5) is 8.78 Å². The summed E-state index contributed by atoms with van der Waals surface area (Å²) in [6.45, 7) is 2.56. The predicted octanol–water partition coefficient (Wildman–Crippen LogP) is 1.16. The van der Waals surface area contributed by atoms with E-state index in [1.165, 1.54) is 0 Å². The van der Waals surface area contributed by atoms with Crippen molar-refractivity contribution in [2.24, 2.45) is 5.92 Å². The summed E-state index contributed by atoms with van der Waals surface area (Å²) in [4.78, 5) is 11.7. The molecule has 4 nitrogen and oxygen atoms in total. The van der Waals surface area contributed by atoms with Crippen LogP contribution in [-0.4, -0.2) is 45.2 Å². The highest BCUT2D eigenvalue weighted by atomic mass is 19.3. The van der Waals surface area contributed by atoms with Crippen molar-refractivity contribution in [2.45, 2.75) is 31.6 Å². The van der Waals surface area contributed by atoms with Gasteiger partial charge in [-0.3, -0.25) is 4.79 Å². The van der Waals surface area contributed by atoms with Gasteiger partial charge in [0.05, 0.1) is 6.61 Å². The van der Waals surface area contributed by atoms with Gasteiger partial charge in [-0.2, -0.15) is 0 Å². The molecule has 1 aliphatic carbocycles. The molecule has 0 atom stereocenters. The van der Waals surface area contributed by atoms with Crippen LogP contribution in [0.15, 0.2) is 0 Å². The first-order valence-corrected chi connectivity index (χ1v) is 6.40. The number of carbonyl (C=O) groups excluding carboxylic acids is 1. The van der Waals surface area contributed by atoms with Gasteiger partial charge in [-0.05, 0) is 12.8 Å². The second kappa shape index (κ2) is 7.63. The van der Waals surface area contributed by atoms with Crippen molar-refractivity contribution >= 4 is 5.91 Å². The SMILES string of the molecule is COCCNCCNC(=O)C1CCC(F)(F)CC1. The average molecular weight is 264 g/mol. The molecule has 0 bridgehead atoms. The van der Waals surface area contributed by atoms with Gasteiger partial charge in [0.15, 0.2) is 0 Å². The molecule has 1 fully saturated rings. The zero-order valence-electron chi connectivity index (χ0n) is 10.8. The van der Waals surface area contributed by atoms with Crippen LogP contribution in [0, 0.1) is 5.92 Å². The lowest BCUT2D eigenvalue weighted by Gasteiger charge is -2.27. The highest BCUT2D eigenvalue weighted by Gasteiger charge is 2.37. The molecule has 6 heteroatoms. The lowest BCUT2D eigenvalue weighted by molar-refractivity contribution is -0.129. The van der Waals surface area contributed by atoms with Crippen LogP contribution >= 0.6 is 0 Å². The van der Waals surface area contributed by atoms with E-state index in [1.807, 2.05) is 0 Å². The van der Waals surface area contributed by atoms with Gasteiger partial charge < -0.3 is 15.4 Å². The minimum absolute atomic E-state index is 0.0981. The number of ether oxygens (including phenoxy) is 1. The highest BCUT2D eigenvalue weighted by Crippen LogP contribution is 2.35. The standard InChI is InChI=1S/C12H22F2N2O2/c1-18-9-8-15-6-7-16-11(17)10-2-4-12(13,14)5-3-10/h10,15H,2-9H2,1H3,(H,16,17). The Balaban J connectivity index is 2.07. The molecule has 1 aliphatic rings. The molecule has 0 unspecified atom stereocenters. The first-order chi connectivity index (χ1) is 8.55. The normalized spacial score (nSPS) is 19.7. The van der Waals surface area contributed by atoms with E-state index in [1.54, 1.807) is 7.11 Å². The summed E-state index contributed by atoms with van der Waals surface area (Å²) in [6.07, 6.45) is 0.236. The third-order valence-electron chi connectivity index (χ3n) is 3.17. The number of halogens is 2. The van der Waals surface area contributed by atoms with Gasteiger partial charge in [0.25, 0.3) is 0 Å². The number of hydrogen-bond acceptors (Lipinski definition) is 3. The summed E-state index contributed by atoms with van der Waals surface area (Å²) in [7, 11) is 1.63. The summed E-state index contributed by atoms with van der Waals surface area (Å²) in [5.74, 6) is -2.92. The molecule has 2 N–H and O–H groups in total. The summed E-state index contributed by atoms with van der Waals surface area (Å²) < 4.78 is 30.7. The van der Waals surface area contributed by atoms with Crippen molar-refractivity contribution in [1.82, 2.24) is 10.6 Å². The highest BCUT2D eigenvalue weighted by molar-refractivity contribution is 5.78. The van der Waals surface area contributed by atoms with E-state index in [-0.39, 0.29) is 37.5 Å². The monoisotopic (exact) mass is 264 g/mol. The van der Waals surface area contributed by atoms with E-state index in [2.05, 4.69) is 10.6 Å². The lowest BCUT2D eigenvalue weighted by Crippen LogP contribution is -2.39. The molecule has 0 aromatic carbocycles. The fraction of sp³-hybridized carbons (Fsp3) is 0.917. The van der Waals surface area contributed by atoms with E-state index in [0.29, 0.717) is 19.7 Å². The quantitative estimate of drug-likeness (QED) is 0.679. The molecule has 0 spiro atoms. The molecular weight excluding hydrogens is 242 g/mol. The minimum Gasteiger partial charge on any atom is -0.383 e. The number of methoxy groups -OCH3 is 1. The number of carbonyl (C=O) groups is 1. The molecular formula is C12H22F2N2O2. The van der Waals surface area contributed by atoms with E-state index in [0.717, 1.165) is 6.54 Å². The van der Waals surface area contributed by atoms with Crippen molar-refractivity contribution in [2.75, 3.05) is 33.4 Å². The van der Waals surface area contributed by atoms with Gasteiger partial charge >= 0.3 is 0 Å². The Hall–Kier alpha value is -0.750. The molecule has 0 aliphatic heterocycles. The molecule has 0 radical (unpaired) electrons. The van der Waals surface area contributed by atoms with Gasteiger partial charge in [-0.25, -0.2) is 8.78 Å². The summed E-state index contributed by atoms with van der Waals surface area (Å²) in [5, 5.41) is 5.87. The average Bonchev–Trinajstić information content (AvgIpc) is 2.33. The molecule has 1 amide bonds. The van der Waals surface area contributed by atoms with Crippen LogP contribution in [0.25, 0.3) is 0 Å². The minimum atomic E-state index is -2.57. The second-order valence-corrected chi connectivity index (χ2v) is 4.66. The van der Waals surface area contributed by atoms with Crippen LogP contribution in [0.5, 0.6) is 0 Å². The third-order valence-corrected chi connectivity index (χ3v) is 3.17. The Kier molecular flexibility index (Phi) is 6.49. The molecule has 0 aromatic heterocycles. The molecule has 1 rings (SSSR count). The first kappa shape index (κ1) is 15.3. The molecule has 18 heavy (non-hydrogen) atoms. The molecule has 0 aromatic rings. The van der Waals surface area contributed by atoms with Crippen molar-refractivity contribution in [1.29, 1.82) is 0 Å². The smallest absolute Gasteiger partial charge is 0.248 e. The lowest BCUT2D eigenvalue weighted by atomic mass is 9.86. The Morgan fingerprint density at radius 3 is 2.56 bits per heavy atom. The largest absolute Gasteiger partial charge is 0.383 e. The van der Waals surface area contributed by atoms with E-state index >= 15 is 0 Å². The maximum Gasteiger partial charge on any atom is 0.248 e. The van der Waals surface area contributed by atoms with Crippen LogP contribution < -0.4 is 10.6 Å². The van der Waals surface area contributed by atoms with E-state index in [9.17, 15) is 13.6 Å². The first-order valence-electron chi connectivity index (χ1n) is 6.40. The number of nitrogens with one attached hydrogen (secondary N) is 2. The number of alkyl halides is 2. The second-order valence-electron chi connectivity index (χ2n) is 4.66. The predicted molar refractivity (Wildman–Crippen MR) is 64.7 cm³/mol. The van der Waals surface area contributed by atoms with Crippen molar-refractivity contribution in [3.63, 3.8) is 0 Å². The van der Waals surface area contributed by atoms with Gasteiger partial charge in [0, 0.05) is 45.5 Å². The summed E-state index contributed by atoms with van der Waals surface area (Å²) in [6, 6.07) is 0. The van der Waals surface area contributed by atoms with Crippen LogP contribution in [0.3, 0.4) is 0 Å². The number of rotatable bonds is 7. The topological polar surface area (TPSA) is 50.4 Å². The Morgan fingerprint density at radius 2 is 1.94 bits per heavy atom. The van der Waals surface area contributed by atoms with Gasteiger partial charge in [-0.15, -0.1) is 0 Å². The van der Waals surface area contributed by atoms with Crippen molar-refractivity contribution < 1.29 is 18.3 Å². The molecule has 1 saturated carbocycles. The fourth-order valence-corrected chi connectivity index (χ4v) is 2.02. The Morgan fingerprint density at radius 1 is 1.28 bits per heavy atom. The Bertz CT molecular complexity index is 252. The van der Waals surface area contributed by atoms with Gasteiger partial charge in [-0.1, -0.05) is 0 Å². The zero-order valence-corrected chi connectivity index (χ0v) is 10.8. The van der Waals surface area contributed by atoms with E-state index < -0.39 is 5.92 Å². The Labute approximate surface area is 106 Å². The maximum absolute atomic E-state index is 12.9.